The van der Waals surface area contributed by atoms with E-state index >= 15 is 0 Å². The molecule has 0 radical (unpaired) electrons. The smallest absolute Gasteiger partial charge is 0.243 e. The van der Waals surface area contributed by atoms with Crippen LogP contribution >= 0.6 is 11.6 Å². The third-order valence-electron chi connectivity index (χ3n) is 3.84. The summed E-state index contributed by atoms with van der Waals surface area (Å²) < 4.78 is 32.0. The Morgan fingerprint density at radius 1 is 1.09 bits per heavy atom. The standard InChI is InChI=1S/C16H16ClNO3S/c1-21-15-4-6-16(7-5-15)22(19,20)18-9-8-12-2-3-14(17)10-13(12)11-18/h2-7,10H,8-9,11H2,1H3. The molecule has 2 aromatic rings. The van der Waals surface area contributed by atoms with Gasteiger partial charge in [-0.1, -0.05) is 17.7 Å². The Balaban J connectivity index is 1.90. The molecule has 1 heterocycles. The lowest BCUT2D eigenvalue weighted by Gasteiger charge is -2.28. The van der Waals surface area contributed by atoms with Crippen molar-refractivity contribution < 1.29 is 13.2 Å². The van der Waals surface area contributed by atoms with E-state index in [0.29, 0.717) is 30.3 Å². The summed E-state index contributed by atoms with van der Waals surface area (Å²) in [5.41, 5.74) is 2.13. The second-order valence-corrected chi connectivity index (χ2v) is 7.55. The average molecular weight is 338 g/mol. The molecule has 0 fully saturated rings. The Morgan fingerprint density at radius 2 is 1.82 bits per heavy atom. The molecule has 1 aliphatic heterocycles. The van der Waals surface area contributed by atoms with E-state index < -0.39 is 10.0 Å². The molecule has 0 amide bonds. The minimum Gasteiger partial charge on any atom is -0.497 e. The summed E-state index contributed by atoms with van der Waals surface area (Å²) in [7, 11) is -1.96. The van der Waals surface area contributed by atoms with Gasteiger partial charge in [-0.05, 0) is 53.9 Å². The molecule has 0 bridgehead atoms. The lowest BCUT2D eigenvalue weighted by atomic mass is 10.0. The second kappa shape index (κ2) is 5.91. The van der Waals surface area contributed by atoms with Crippen molar-refractivity contribution in [3.05, 3.63) is 58.6 Å². The first-order chi connectivity index (χ1) is 10.5. The van der Waals surface area contributed by atoms with Gasteiger partial charge in [0.25, 0.3) is 0 Å². The van der Waals surface area contributed by atoms with Gasteiger partial charge in [-0.3, -0.25) is 0 Å². The molecule has 0 unspecified atom stereocenters. The number of fused-ring (bicyclic) bond motifs is 1. The fourth-order valence-electron chi connectivity index (χ4n) is 2.60. The Morgan fingerprint density at radius 3 is 2.50 bits per heavy atom. The van der Waals surface area contributed by atoms with E-state index in [9.17, 15) is 8.42 Å². The summed E-state index contributed by atoms with van der Waals surface area (Å²) in [6.45, 7) is 0.827. The van der Waals surface area contributed by atoms with Crippen LogP contribution in [0.1, 0.15) is 11.1 Å². The molecule has 0 spiro atoms. The fourth-order valence-corrected chi connectivity index (χ4v) is 4.22. The zero-order valence-electron chi connectivity index (χ0n) is 12.1. The molecule has 4 nitrogen and oxygen atoms in total. The summed E-state index contributed by atoms with van der Waals surface area (Å²) in [4.78, 5) is 0.277. The summed E-state index contributed by atoms with van der Waals surface area (Å²) in [6.07, 6.45) is 0.696. The van der Waals surface area contributed by atoms with Gasteiger partial charge in [-0.25, -0.2) is 8.42 Å². The maximum Gasteiger partial charge on any atom is 0.243 e. The topological polar surface area (TPSA) is 46.6 Å². The van der Waals surface area contributed by atoms with Crippen LogP contribution in [-0.2, 0) is 23.0 Å². The van der Waals surface area contributed by atoms with Crippen LogP contribution in [0.4, 0.5) is 0 Å². The zero-order chi connectivity index (χ0) is 15.7. The van der Waals surface area contributed by atoms with Gasteiger partial charge >= 0.3 is 0 Å². The first kappa shape index (κ1) is 15.3. The summed E-state index contributed by atoms with van der Waals surface area (Å²) in [6, 6.07) is 12.1. The largest absolute Gasteiger partial charge is 0.497 e. The second-order valence-electron chi connectivity index (χ2n) is 5.18. The highest BCUT2D eigenvalue weighted by Crippen LogP contribution is 2.27. The van der Waals surface area contributed by atoms with Crippen LogP contribution in [0.15, 0.2) is 47.4 Å². The number of rotatable bonds is 3. The Labute approximate surface area is 135 Å². The van der Waals surface area contributed by atoms with Crippen molar-refractivity contribution in [1.29, 1.82) is 0 Å². The number of ether oxygens (including phenoxy) is 1. The maximum absolute atomic E-state index is 12.7. The fraction of sp³-hybridized carbons (Fsp3) is 0.250. The van der Waals surface area contributed by atoms with Crippen molar-refractivity contribution >= 4 is 21.6 Å². The number of halogens is 1. The van der Waals surface area contributed by atoms with E-state index in [1.165, 1.54) is 4.31 Å². The molecule has 0 aliphatic carbocycles. The molecule has 1 aliphatic rings. The first-order valence-electron chi connectivity index (χ1n) is 6.92. The van der Waals surface area contributed by atoms with Crippen molar-refractivity contribution in [2.75, 3.05) is 13.7 Å². The number of methoxy groups -OCH3 is 1. The summed E-state index contributed by atoms with van der Waals surface area (Å²) >= 11 is 6.01. The number of hydrogen-bond donors (Lipinski definition) is 0. The normalized spacial score (nSPS) is 15.4. The van der Waals surface area contributed by atoms with Gasteiger partial charge in [-0.15, -0.1) is 0 Å². The van der Waals surface area contributed by atoms with Gasteiger partial charge in [0.15, 0.2) is 0 Å². The quantitative estimate of drug-likeness (QED) is 0.864. The van der Waals surface area contributed by atoms with Crippen LogP contribution in [-0.4, -0.2) is 26.4 Å². The Bertz CT molecular complexity index is 788. The van der Waals surface area contributed by atoms with Crippen LogP contribution in [0.2, 0.25) is 5.02 Å². The third-order valence-corrected chi connectivity index (χ3v) is 5.94. The highest BCUT2D eigenvalue weighted by molar-refractivity contribution is 7.89. The van der Waals surface area contributed by atoms with E-state index in [4.69, 9.17) is 16.3 Å². The van der Waals surface area contributed by atoms with E-state index in [0.717, 1.165) is 11.1 Å². The molecule has 22 heavy (non-hydrogen) atoms. The van der Waals surface area contributed by atoms with Crippen molar-refractivity contribution in [3.8, 4) is 5.75 Å². The average Bonchev–Trinajstić information content (AvgIpc) is 2.54. The van der Waals surface area contributed by atoms with Crippen molar-refractivity contribution in [2.24, 2.45) is 0 Å². The van der Waals surface area contributed by atoms with Crippen molar-refractivity contribution in [1.82, 2.24) is 4.31 Å². The number of benzene rings is 2. The van der Waals surface area contributed by atoms with Gasteiger partial charge in [0.1, 0.15) is 5.75 Å². The predicted molar refractivity (Wildman–Crippen MR) is 85.7 cm³/mol. The van der Waals surface area contributed by atoms with E-state index in [-0.39, 0.29) is 4.90 Å². The molecule has 0 atom stereocenters. The van der Waals surface area contributed by atoms with Crippen LogP contribution < -0.4 is 4.74 Å². The Kier molecular flexibility index (Phi) is 4.12. The molecule has 2 aromatic carbocycles. The third kappa shape index (κ3) is 2.84. The highest BCUT2D eigenvalue weighted by atomic mass is 35.5. The SMILES string of the molecule is COc1ccc(S(=O)(=O)N2CCc3ccc(Cl)cc3C2)cc1. The summed E-state index contributed by atoms with van der Waals surface area (Å²) in [5, 5.41) is 0.627. The predicted octanol–water partition coefficient (Wildman–Crippen LogP) is 3.10. The minimum absolute atomic E-state index is 0.277. The number of nitrogens with zero attached hydrogens (tertiary/aromatic N) is 1. The summed E-state index contributed by atoms with van der Waals surface area (Å²) in [5.74, 6) is 0.634. The van der Waals surface area contributed by atoms with Gasteiger partial charge in [0.2, 0.25) is 10.0 Å². The van der Waals surface area contributed by atoms with E-state index in [1.807, 2.05) is 18.2 Å². The van der Waals surface area contributed by atoms with Gasteiger partial charge in [0.05, 0.1) is 12.0 Å². The molecule has 3 rings (SSSR count). The lowest BCUT2D eigenvalue weighted by Crippen LogP contribution is -2.35. The lowest BCUT2D eigenvalue weighted by molar-refractivity contribution is 0.391. The van der Waals surface area contributed by atoms with Crippen LogP contribution in [0.5, 0.6) is 5.75 Å². The zero-order valence-corrected chi connectivity index (χ0v) is 13.7. The highest BCUT2D eigenvalue weighted by Gasteiger charge is 2.28. The molecular weight excluding hydrogens is 322 g/mol. The van der Waals surface area contributed by atoms with Gasteiger partial charge < -0.3 is 4.74 Å². The number of sulfonamides is 1. The van der Waals surface area contributed by atoms with Crippen LogP contribution in [0.25, 0.3) is 0 Å². The minimum atomic E-state index is -3.51. The molecule has 0 aromatic heterocycles. The van der Waals surface area contributed by atoms with Gasteiger partial charge in [0, 0.05) is 18.1 Å². The molecule has 116 valence electrons. The van der Waals surface area contributed by atoms with Gasteiger partial charge in [-0.2, -0.15) is 4.31 Å². The molecule has 6 heteroatoms. The van der Waals surface area contributed by atoms with E-state index in [2.05, 4.69) is 0 Å². The maximum atomic E-state index is 12.7. The van der Waals surface area contributed by atoms with Crippen LogP contribution in [0.3, 0.4) is 0 Å². The van der Waals surface area contributed by atoms with E-state index in [1.54, 1.807) is 31.4 Å². The van der Waals surface area contributed by atoms with Crippen molar-refractivity contribution in [2.45, 2.75) is 17.9 Å². The molecular formula is C16H16ClNO3S. The van der Waals surface area contributed by atoms with Crippen molar-refractivity contribution in [3.63, 3.8) is 0 Å². The molecule has 0 N–H and O–H groups in total. The number of hydrogen-bond acceptors (Lipinski definition) is 3. The Hall–Kier alpha value is -1.56. The van der Waals surface area contributed by atoms with Crippen LogP contribution in [0, 0.1) is 0 Å². The first-order valence-corrected chi connectivity index (χ1v) is 8.74. The molecule has 0 saturated heterocycles. The molecule has 0 saturated carbocycles. The monoisotopic (exact) mass is 337 g/mol.